The molecule has 154 valence electrons. The third-order valence-corrected chi connectivity index (χ3v) is 5.58. The molecular formula is C21H24FN3O4. The zero-order chi connectivity index (χ0) is 20.4. The van der Waals surface area contributed by atoms with Crippen LogP contribution in [0.5, 0.6) is 0 Å². The number of aromatic nitrogens is 2. The SMILES string of the molecule is CCOC(=O)C1CCN(C(=O)c2ncn3c2COC(c2ccc(F)cc2)C3)CC1. The molecule has 2 aliphatic rings. The molecule has 1 unspecified atom stereocenters. The molecule has 7 nitrogen and oxygen atoms in total. The molecule has 8 heteroatoms. The first-order chi connectivity index (χ1) is 14.1. The second kappa shape index (κ2) is 8.32. The van der Waals surface area contributed by atoms with Gasteiger partial charge in [-0.05, 0) is 37.5 Å². The molecule has 1 aromatic heterocycles. The predicted octanol–water partition coefficient (Wildman–Crippen LogP) is 2.71. The first kappa shape index (κ1) is 19.6. The van der Waals surface area contributed by atoms with E-state index in [9.17, 15) is 14.0 Å². The molecule has 2 aliphatic heterocycles. The Morgan fingerprint density at radius 2 is 1.97 bits per heavy atom. The minimum absolute atomic E-state index is 0.134. The number of hydrogen-bond acceptors (Lipinski definition) is 5. The van der Waals surface area contributed by atoms with Crippen LogP contribution in [0.3, 0.4) is 0 Å². The van der Waals surface area contributed by atoms with E-state index in [2.05, 4.69) is 4.98 Å². The molecule has 4 rings (SSSR count). The highest BCUT2D eigenvalue weighted by Crippen LogP contribution is 2.29. The second-order valence-electron chi connectivity index (χ2n) is 7.36. The predicted molar refractivity (Wildman–Crippen MR) is 101 cm³/mol. The first-order valence-electron chi connectivity index (χ1n) is 9.93. The van der Waals surface area contributed by atoms with E-state index >= 15 is 0 Å². The van der Waals surface area contributed by atoms with Gasteiger partial charge in [-0.25, -0.2) is 9.37 Å². The lowest BCUT2D eigenvalue weighted by Crippen LogP contribution is -2.41. The fraction of sp³-hybridized carbons (Fsp3) is 0.476. The monoisotopic (exact) mass is 401 g/mol. The van der Waals surface area contributed by atoms with Gasteiger partial charge in [-0.3, -0.25) is 9.59 Å². The van der Waals surface area contributed by atoms with Crippen LogP contribution in [-0.2, 0) is 27.4 Å². The van der Waals surface area contributed by atoms with Gasteiger partial charge in [-0.15, -0.1) is 0 Å². The molecular weight excluding hydrogens is 377 g/mol. The van der Waals surface area contributed by atoms with E-state index in [1.54, 1.807) is 30.3 Å². The molecule has 0 N–H and O–H groups in total. The second-order valence-corrected chi connectivity index (χ2v) is 7.36. The molecule has 0 spiro atoms. The van der Waals surface area contributed by atoms with Gasteiger partial charge in [0.25, 0.3) is 5.91 Å². The Labute approximate surface area is 168 Å². The molecule has 29 heavy (non-hydrogen) atoms. The number of rotatable bonds is 4. The van der Waals surface area contributed by atoms with Crippen LogP contribution in [0.25, 0.3) is 0 Å². The summed E-state index contributed by atoms with van der Waals surface area (Å²) < 4.78 is 26.1. The largest absolute Gasteiger partial charge is 0.466 e. The van der Waals surface area contributed by atoms with Gasteiger partial charge in [0.15, 0.2) is 5.69 Å². The molecule has 0 saturated carbocycles. The average molecular weight is 401 g/mol. The molecule has 2 aromatic rings. The Bertz CT molecular complexity index is 888. The van der Waals surface area contributed by atoms with Crippen LogP contribution >= 0.6 is 0 Å². The van der Waals surface area contributed by atoms with Crippen LogP contribution in [0.4, 0.5) is 4.39 Å². The third-order valence-electron chi connectivity index (χ3n) is 5.58. The fourth-order valence-electron chi connectivity index (χ4n) is 3.91. The van der Waals surface area contributed by atoms with E-state index in [-0.39, 0.29) is 36.3 Å². The summed E-state index contributed by atoms with van der Waals surface area (Å²) in [5.74, 6) is -0.744. The number of benzene rings is 1. The molecule has 0 aliphatic carbocycles. The van der Waals surface area contributed by atoms with Gasteiger partial charge >= 0.3 is 5.97 Å². The van der Waals surface area contributed by atoms with Gasteiger partial charge in [0.05, 0.1) is 37.7 Å². The molecule has 1 saturated heterocycles. The maximum atomic E-state index is 13.1. The minimum Gasteiger partial charge on any atom is -0.466 e. The maximum absolute atomic E-state index is 13.1. The zero-order valence-electron chi connectivity index (χ0n) is 16.3. The number of halogens is 1. The van der Waals surface area contributed by atoms with E-state index in [1.807, 2.05) is 4.57 Å². The molecule has 3 heterocycles. The van der Waals surface area contributed by atoms with E-state index in [0.717, 1.165) is 11.3 Å². The van der Waals surface area contributed by atoms with Gasteiger partial charge in [-0.1, -0.05) is 12.1 Å². The number of piperidine rings is 1. The van der Waals surface area contributed by atoms with Crippen molar-refractivity contribution in [3.05, 3.63) is 53.4 Å². The van der Waals surface area contributed by atoms with Crippen molar-refractivity contribution in [2.45, 2.75) is 39.0 Å². The molecule has 1 atom stereocenters. The summed E-state index contributed by atoms with van der Waals surface area (Å²) in [7, 11) is 0. The lowest BCUT2D eigenvalue weighted by Gasteiger charge is -2.31. The van der Waals surface area contributed by atoms with Gasteiger partial charge in [0.1, 0.15) is 11.9 Å². The van der Waals surface area contributed by atoms with Crippen molar-refractivity contribution >= 4 is 11.9 Å². The van der Waals surface area contributed by atoms with Crippen LogP contribution in [0.2, 0.25) is 0 Å². The number of amides is 1. The summed E-state index contributed by atoms with van der Waals surface area (Å²) in [6, 6.07) is 6.25. The van der Waals surface area contributed by atoms with E-state index in [4.69, 9.17) is 9.47 Å². The third kappa shape index (κ3) is 4.03. The van der Waals surface area contributed by atoms with Crippen LogP contribution < -0.4 is 0 Å². The minimum atomic E-state index is -0.285. The molecule has 1 amide bonds. The number of carbonyl (C=O) groups is 2. The smallest absolute Gasteiger partial charge is 0.309 e. The summed E-state index contributed by atoms with van der Waals surface area (Å²) >= 11 is 0. The standard InChI is InChI=1S/C21H24FN3O4/c1-2-28-21(27)15-7-9-24(10-8-15)20(26)19-17-12-29-18(11-25(17)13-23-19)14-3-5-16(22)6-4-14/h3-6,13,15,18H,2,7-12H2,1H3. The van der Waals surface area contributed by atoms with Crippen LogP contribution in [0.1, 0.15) is 47.6 Å². The Morgan fingerprint density at radius 1 is 1.24 bits per heavy atom. The number of imidazole rings is 1. The van der Waals surface area contributed by atoms with Gasteiger partial charge < -0.3 is 18.9 Å². The van der Waals surface area contributed by atoms with Crippen molar-refractivity contribution in [3.63, 3.8) is 0 Å². The Kier molecular flexibility index (Phi) is 5.62. The number of likely N-dealkylation sites (tertiary alicyclic amines) is 1. The quantitative estimate of drug-likeness (QED) is 0.737. The molecule has 1 fully saturated rings. The number of esters is 1. The normalized spacial score (nSPS) is 19.7. The van der Waals surface area contributed by atoms with Crippen molar-refractivity contribution in [1.29, 1.82) is 0 Å². The van der Waals surface area contributed by atoms with Crippen LogP contribution in [0.15, 0.2) is 30.6 Å². The first-order valence-corrected chi connectivity index (χ1v) is 9.93. The number of ether oxygens (including phenoxy) is 2. The highest BCUT2D eigenvalue weighted by atomic mass is 19.1. The molecule has 1 aromatic carbocycles. The van der Waals surface area contributed by atoms with E-state index in [1.165, 1.54) is 12.1 Å². The van der Waals surface area contributed by atoms with Gasteiger partial charge in [0.2, 0.25) is 0 Å². The van der Waals surface area contributed by atoms with Crippen molar-refractivity contribution in [1.82, 2.24) is 14.5 Å². The van der Waals surface area contributed by atoms with E-state index < -0.39 is 0 Å². The van der Waals surface area contributed by atoms with Crippen molar-refractivity contribution in [3.8, 4) is 0 Å². The summed E-state index contributed by atoms with van der Waals surface area (Å²) in [6.07, 6.45) is 2.65. The average Bonchev–Trinajstić information content (AvgIpc) is 3.17. The number of hydrogen-bond donors (Lipinski definition) is 0. The lowest BCUT2D eigenvalue weighted by atomic mass is 9.96. The fourth-order valence-corrected chi connectivity index (χ4v) is 3.91. The Balaban J connectivity index is 1.41. The van der Waals surface area contributed by atoms with Crippen LogP contribution in [-0.4, -0.2) is 46.0 Å². The van der Waals surface area contributed by atoms with Crippen LogP contribution in [0, 0.1) is 11.7 Å². The number of carbonyl (C=O) groups excluding carboxylic acids is 2. The summed E-state index contributed by atoms with van der Waals surface area (Å²) in [5, 5.41) is 0. The maximum Gasteiger partial charge on any atom is 0.309 e. The van der Waals surface area contributed by atoms with Crippen molar-refractivity contribution in [2.75, 3.05) is 19.7 Å². The molecule has 0 radical (unpaired) electrons. The van der Waals surface area contributed by atoms with Gasteiger partial charge in [0, 0.05) is 13.1 Å². The lowest BCUT2D eigenvalue weighted by molar-refractivity contribution is -0.149. The van der Waals surface area contributed by atoms with Gasteiger partial charge in [-0.2, -0.15) is 0 Å². The summed E-state index contributed by atoms with van der Waals surface area (Å²) in [6.45, 7) is 3.97. The highest BCUT2D eigenvalue weighted by molar-refractivity contribution is 5.93. The van der Waals surface area contributed by atoms with Crippen molar-refractivity contribution < 1.29 is 23.5 Å². The number of nitrogens with zero attached hydrogens (tertiary/aromatic N) is 3. The zero-order valence-corrected chi connectivity index (χ0v) is 16.3. The summed E-state index contributed by atoms with van der Waals surface area (Å²) in [4.78, 5) is 30.9. The summed E-state index contributed by atoms with van der Waals surface area (Å²) in [5.41, 5.74) is 2.04. The number of fused-ring (bicyclic) bond motifs is 1. The van der Waals surface area contributed by atoms with Crippen molar-refractivity contribution in [2.24, 2.45) is 5.92 Å². The Hall–Kier alpha value is -2.74. The topological polar surface area (TPSA) is 73.7 Å². The molecule has 0 bridgehead atoms. The highest BCUT2D eigenvalue weighted by Gasteiger charge is 2.32. The van der Waals surface area contributed by atoms with E-state index in [0.29, 0.717) is 44.8 Å². The Morgan fingerprint density at radius 3 is 2.66 bits per heavy atom.